The van der Waals surface area contributed by atoms with Gasteiger partial charge in [-0.2, -0.15) is 0 Å². The number of rotatable bonds is 6. The molecule has 0 saturated heterocycles. The summed E-state index contributed by atoms with van der Waals surface area (Å²) in [4.78, 5) is 27.6. The summed E-state index contributed by atoms with van der Waals surface area (Å²) in [7, 11) is 1.59. The van der Waals surface area contributed by atoms with E-state index in [1.165, 1.54) is 11.3 Å². The van der Waals surface area contributed by atoms with Crippen molar-refractivity contribution in [2.24, 2.45) is 5.92 Å². The van der Waals surface area contributed by atoms with Gasteiger partial charge >= 0.3 is 5.97 Å². The molecule has 0 spiro atoms. The number of nitrogens with zero attached hydrogens (tertiary/aromatic N) is 1. The monoisotopic (exact) mass is 334 g/mol. The average molecular weight is 334 g/mol. The van der Waals surface area contributed by atoms with Gasteiger partial charge in [0.2, 0.25) is 0 Å². The third-order valence-corrected chi connectivity index (χ3v) is 4.18. The van der Waals surface area contributed by atoms with E-state index < -0.39 is 17.9 Å². The number of benzene rings is 1. The SMILES string of the molecule is COc1ccc(-c2nc(C(=O)N[C@H](C(=O)O)C(C)C)cs2)cc1. The summed E-state index contributed by atoms with van der Waals surface area (Å²) in [5.74, 6) is -1.01. The van der Waals surface area contributed by atoms with Crippen LogP contribution in [0.3, 0.4) is 0 Å². The number of ether oxygens (including phenoxy) is 1. The van der Waals surface area contributed by atoms with E-state index in [2.05, 4.69) is 10.3 Å². The zero-order valence-corrected chi connectivity index (χ0v) is 13.9. The van der Waals surface area contributed by atoms with Crippen molar-refractivity contribution in [1.29, 1.82) is 0 Å². The van der Waals surface area contributed by atoms with Crippen molar-refractivity contribution in [2.75, 3.05) is 7.11 Å². The van der Waals surface area contributed by atoms with Crippen LogP contribution in [0.1, 0.15) is 24.3 Å². The van der Waals surface area contributed by atoms with E-state index in [1.54, 1.807) is 26.3 Å². The highest BCUT2D eigenvalue weighted by Crippen LogP contribution is 2.25. The van der Waals surface area contributed by atoms with E-state index in [0.717, 1.165) is 11.3 Å². The molecule has 1 amide bonds. The molecule has 6 nitrogen and oxygen atoms in total. The number of carbonyl (C=O) groups is 2. The maximum absolute atomic E-state index is 12.2. The normalized spacial score (nSPS) is 12.0. The molecule has 122 valence electrons. The molecule has 7 heteroatoms. The first-order valence-electron chi connectivity index (χ1n) is 7.06. The second-order valence-corrected chi connectivity index (χ2v) is 6.16. The molecule has 0 fully saturated rings. The molecule has 2 N–H and O–H groups in total. The number of hydrogen-bond acceptors (Lipinski definition) is 5. The predicted octanol–water partition coefficient (Wildman–Crippen LogP) is 2.66. The quantitative estimate of drug-likeness (QED) is 0.848. The van der Waals surface area contributed by atoms with Crippen molar-refractivity contribution in [1.82, 2.24) is 10.3 Å². The van der Waals surface area contributed by atoms with Gasteiger partial charge in [-0.15, -0.1) is 11.3 Å². The molecule has 0 unspecified atom stereocenters. The Morgan fingerprint density at radius 1 is 1.26 bits per heavy atom. The number of methoxy groups -OCH3 is 1. The van der Waals surface area contributed by atoms with E-state index in [0.29, 0.717) is 5.01 Å². The minimum absolute atomic E-state index is 0.212. The van der Waals surface area contributed by atoms with Crippen LogP contribution in [0.15, 0.2) is 29.6 Å². The van der Waals surface area contributed by atoms with Crippen molar-refractivity contribution < 1.29 is 19.4 Å². The Morgan fingerprint density at radius 3 is 2.43 bits per heavy atom. The Bertz CT molecular complexity index is 694. The first kappa shape index (κ1) is 17.0. The van der Waals surface area contributed by atoms with Crippen molar-refractivity contribution in [2.45, 2.75) is 19.9 Å². The van der Waals surface area contributed by atoms with Crippen LogP contribution in [-0.2, 0) is 4.79 Å². The molecule has 23 heavy (non-hydrogen) atoms. The number of carboxylic acids is 1. The van der Waals surface area contributed by atoms with Crippen LogP contribution in [0.2, 0.25) is 0 Å². The first-order chi connectivity index (χ1) is 10.9. The lowest BCUT2D eigenvalue weighted by atomic mass is 10.0. The van der Waals surface area contributed by atoms with Crippen LogP contribution in [0.25, 0.3) is 10.6 Å². The Balaban J connectivity index is 2.14. The average Bonchev–Trinajstić information content (AvgIpc) is 3.01. The number of carbonyl (C=O) groups excluding carboxylic acids is 1. The molecule has 1 aromatic heterocycles. The summed E-state index contributed by atoms with van der Waals surface area (Å²) in [5, 5.41) is 13.9. The van der Waals surface area contributed by atoms with E-state index >= 15 is 0 Å². The highest BCUT2D eigenvalue weighted by Gasteiger charge is 2.25. The Labute approximate surface area is 138 Å². The van der Waals surface area contributed by atoms with E-state index in [9.17, 15) is 9.59 Å². The Kier molecular flexibility index (Phi) is 5.33. The number of thiazole rings is 1. The fourth-order valence-electron chi connectivity index (χ4n) is 1.97. The summed E-state index contributed by atoms with van der Waals surface area (Å²) in [6.45, 7) is 3.48. The number of nitrogens with one attached hydrogen (secondary N) is 1. The van der Waals surface area contributed by atoms with Gasteiger partial charge in [0.1, 0.15) is 22.5 Å². The zero-order chi connectivity index (χ0) is 17.0. The lowest BCUT2D eigenvalue weighted by Gasteiger charge is -2.16. The maximum Gasteiger partial charge on any atom is 0.326 e. The molecule has 0 bridgehead atoms. The Morgan fingerprint density at radius 2 is 1.91 bits per heavy atom. The predicted molar refractivity (Wildman–Crippen MR) is 87.8 cm³/mol. The molecule has 1 heterocycles. The molecule has 1 aromatic carbocycles. The molecule has 0 saturated carbocycles. The summed E-state index contributed by atoms with van der Waals surface area (Å²) < 4.78 is 5.10. The lowest BCUT2D eigenvalue weighted by molar-refractivity contribution is -0.140. The van der Waals surface area contributed by atoms with Gasteiger partial charge in [-0.25, -0.2) is 9.78 Å². The molecular formula is C16H18N2O4S. The van der Waals surface area contributed by atoms with Gasteiger partial charge < -0.3 is 15.2 Å². The smallest absolute Gasteiger partial charge is 0.326 e. The standard InChI is InChI=1S/C16H18N2O4S/c1-9(2)13(16(20)21)18-14(19)12-8-23-15(17-12)10-4-6-11(22-3)7-5-10/h4-9,13H,1-3H3,(H,18,19)(H,20,21)/t13-/m0/s1. The number of amides is 1. The second-order valence-electron chi connectivity index (χ2n) is 5.30. The molecule has 0 aliphatic heterocycles. The first-order valence-corrected chi connectivity index (χ1v) is 7.94. The van der Waals surface area contributed by atoms with Gasteiger partial charge in [0.25, 0.3) is 5.91 Å². The Hall–Kier alpha value is -2.41. The van der Waals surface area contributed by atoms with Crippen molar-refractivity contribution in [3.63, 3.8) is 0 Å². The highest BCUT2D eigenvalue weighted by atomic mass is 32.1. The molecule has 0 radical (unpaired) electrons. The number of hydrogen-bond donors (Lipinski definition) is 2. The van der Waals surface area contributed by atoms with E-state index in [4.69, 9.17) is 9.84 Å². The highest BCUT2D eigenvalue weighted by molar-refractivity contribution is 7.13. The van der Waals surface area contributed by atoms with E-state index in [-0.39, 0.29) is 11.6 Å². The van der Waals surface area contributed by atoms with Gasteiger partial charge in [-0.05, 0) is 30.2 Å². The third kappa shape index (κ3) is 4.07. The fourth-order valence-corrected chi connectivity index (χ4v) is 2.78. The largest absolute Gasteiger partial charge is 0.497 e. The molecule has 0 aliphatic carbocycles. The number of aliphatic carboxylic acids is 1. The van der Waals surface area contributed by atoms with Crippen molar-refractivity contribution >= 4 is 23.2 Å². The summed E-state index contributed by atoms with van der Waals surface area (Å²) in [5.41, 5.74) is 1.08. The third-order valence-electron chi connectivity index (χ3n) is 3.29. The van der Waals surface area contributed by atoms with Gasteiger partial charge in [0, 0.05) is 10.9 Å². The summed E-state index contributed by atoms with van der Waals surface area (Å²) in [6, 6.07) is 6.40. The molecule has 0 aliphatic rings. The van der Waals surface area contributed by atoms with Crippen molar-refractivity contribution in [3.05, 3.63) is 35.3 Å². The van der Waals surface area contributed by atoms with Crippen LogP contribution in [-0.4, -0.2) is 35.1 Å². The van der Waals surface area contributed by atoms with Gasteiger partial charge in [-0.3, -0.25) is 4.79 Å². The number of carboxylic acid groups (broad SMARTS) is 1. The summed E-state index contributed by atoms with van der Waals surface area (Å²) in [6.07, 6.45) is 0. The molecule has 1 atom stereocenters. The minimum Gasteiger partial charge on any atom is -0.497 e. The van der Waals surface area contributed by atoms with Crippen molar-refractivity contribution in [3.8, 4) is 16.3 Å². The topological polar surface area (TPSA) is 88.5 Å². The van der Waals surface area contributed by atoms with Crippen LogP contribution in [0, 0.1) is 5.92 Å². The zero-order valence-electron chi connectivity index (χ0n) is 13.1. The minimum atomic E-state index is -1.06. The fraction of sp³-hybridized carbons (Fsp3) is 0.312. The van der Waals surface area contributed by atoms with Crippen LogP contribution in [0.5, 0.6) is 5.75 Å². The lowest BCUT2D eigenvalue weighted by Crippen LogP contribution is -2.44. The molecular weight excluding hydrogens is 316 g/mol. The summed E-state index contributed by atoms with van der Waals surface area (Å²) >= 11 is 1.33. The van der Waals surface area contributed by atoms with E-state index in [1.807, 2.05) is 24.3 Å². The van der Waals surface area contributed by atoms with Gasteiger partial charge in [-0.1, -0.05) is 13.8 Å². The van der Waals surface area contributed by atoms with Gasteiger partial charge in [0.15, 0.2) is 0 Å². The maximum atomic E-state index is 12.2. The van der Waals surface area contributed by atoms with Crippen LogP contribution >= 0.6 is 11.3 Å². The van der Waals surface area contributed by atoms with Gasteiger partial charge in [0.05, 0.1) is 7.11 Å². The molecule has 2 rings (SSSR count). The second kappa shape index (κ2) is 7.23. The van der Waals surface area contributed by atoms with Crippen LogP contribution < -0.4 is 10.1 Å². The number of aromatic nitrogens is 1. The molecule has 2 aromatic rings. The van der Waals surface area contributed by atoms with Crippen LogP contribution in [0.4, 0.5) is 0 Å².